The minimum absolute atomic E-state index is 0.00819. The molecule has 0 amide bonds. The molecule has 2 fully saturated rings. The van der Waals surface area contributed by atoms with Gasteiger partial charge < -0.3 is 4.98 Å². The molecule has 4 nitrogen and oxygen atoms in total. The highest BCUT2D eigenvalue weighted by Gasteiger charge is 2.34. The predicted octanol–water partition coefficient (Wildman–Crippen LogP) is 3.05. The van der Waals surface area contributed by atoms with E-state index in [0.29, 0.717) is 23.9 Å². The Kier molecular flexibility index (Phi) is 4.16. The fraction of sp³-hybridized carbons (Fsp3) is 0.765. The highest BCUT2D eigenvalue weighted by atomic mass is 16.1. The molecular weight excluding hydrogens is 262 g/mol. The molecule has 116 valence electrons. The van der Waals surface area contributed by atoms with Crippen LogP contribution in [0.3, 0.4) is 0 Å². The van der Waals surface area contributed by atoms with Crippen molar-refractivity contribution in [3.63, 3.8) is 0 Å². The Labute approximate surface area is 127 Å². The van der Waals surface area contributed by atoms with E-state index in [1.54, 1.807) is 6.07 Å². The lowest BCUT2D eigenvalue weighted by Crippen LogP contribution is -2.39. The zero-order valence-electron chi connectivity index (χ0n) is 13.4. The second-order valence-electron chi connectivity index (χ2n) is 6.93. The van der Waals surface area contributed by atoms with Gasteiger partial charge in [0.15, 0.2) is 0 Å². The van der Waals surface area contributed by atoms with E-state index >= 15 is 0 Å². The Bertz CT molecular complexity index is 545. The van der Waals surface area contributed by atoms with Crippen LogP contribution >= 0.6 is 0 Å². The molecule has 2 aliphatic rings. The summed E-state index contributed by atoms with van der Waals surface area (Å²) in [5.74, 6) is 2.08. The van der Waals surface area contributed by atoms with Crippen LogP contribution in [0.5, 0.6) is 0 Å². The maximum absolute atomic E-state index is 11.9. The molecule has 21 heavy (non-hydrogen) atoms. The molecule has 2 aliphatic carbocycles. The molecule has 2 saturated carbocycles. The highest BCUT2D eigenvalue weighted by Crippen LogP contribution is 2.38. The summed E-state index contributed by atoms with van der Waals surface area (Å²) in [7, 11) is 0. The summed E-state index contributed by atoms with van der Waals surface area (Å²) in [5, 5.41) is 0. The van der Waals surface area contributed by atoms with E-state index in [2.05, 4.69) is 30.7 Å². The molecule has 0 aromatic carbocycles. The molecule has 1 N–H and O–H groups in total. The summed E-state index contributed by atoms with van der Waals surface area (Å²) in [4.78, 5) is 22.0. The first-order chi connectivity index (χ1) is 10.1. The topological polar surface area (TPSA) is 49.0 Å². The van der Waals surface area contributed by atoms with E-state index in [1.165, 1.54) is 32.1 Å². The van der Waals surface area contributed by atoms with Crippen LogP contribution in [-0.4, -0.2) is 27.0 Å². The number of aromatic nitrogens is 2. The molecule has 1 aromatic heterocycles. The van der Waals surface area contributed by atoms with Crippen LogP contribution < -0.4 is 5.56 Å². The van der Waals surface area contributed by atoms with Crippen molar-refractivity contribution in [1.82, 2.24) is 14.9 Å². The fourth-order valence-electron chi connectivity index (χ4n) is 3.03. The molecule has 0 radical (unpaired) electrons. The average molecular weight is 289 g/mol. The third-order valence-electron chi connectivity index (χ3n) is 5.13. The minimum atomic E-state index is 0.00819. The molecular formula is C17H27N3O. The number of nitrogens with one attached hydrogen (secondary N) is 1. The molecule has 0 spiro atoms. The summed E-state index contributed by atoms with van der Waals surface area (Å²) in [5.41, 5.74) is 0.955. The van der Waals surface area contributed by atoms with Crippen molar-refractivity contribution in [3.05, 3.63) is 27.9 Å². The quantitative estimate of drug-likeness (QED) is 0.839. The lowest BCUT2D eigenvalue weighted by atomic mass is 9.99. The van der Waals surface area contributed by atoms with Gasteiger partial charge in [0.25, 0.3) is 5.56 Å². The van der Waals surface area contributed by atoms with Gasteiger partial charge in [-0.1, -0.05) is 20.3 Å². The van der Waals surface area contributed by atoms with E-state index < -0.39 is 0 Å². The molecule has 0 aliphatic heterocycles. The number of aromatic amines is 1. The van der Waals surface area contributed by atoms with E-state index in [9.17, 15) is 4.79 Å². The second kappa shape index (κ2) is 5.91. The molecule has 0 bridgehead atoms. The first kappa shape index (κ1) is 14.8. The van der Waals surface area contributed by atoms with Crippen molar-refractivity contribution < 1.29 is 0 Å². The van der Waals surface area contributed by atoms with Crippen molar-refractivity contribution in [3.8, 4) is 0 Å². The maximum Gasteiger partial charge on any atom is 0.251 e. The van der Waals surface area contributed by atoms with Gasteiger partial charge in [-0.2, -0.15) is 0 Å². The van der Waals surface area contributed by atoms with Crippen molar-refractivity contribution >= 4 is 0 Å². The van der Waals surface area contributed by atoms with Gasteiger partial charge in [-0.15, -0.1) is 0 Å². The van der Waals surface area contributed by atoms with Crippen LogP contribution in [0.25, 0.3) is 0 Å². The molecule has 1 aromatic rings. The van der Waals surface area contributed by atoms with Crippen LogP contribution in [0.1, 0.15) is 70.3 Å². The summed E-state index contributed by atoms with van der Waals surface area (Å²) < 4.78 is 0. The number of nitrogens with zero attached hydrogens (tertiary/aromatic N) is 2. The third-order valence-corrected chi connectivity index (χ3v) is 5.13. The van der Waals surface area contributed by atoms with E-state index in [0.717, 1.165) is 18.1 Å². The number of rotatable bonds is 7. The molecule has 4 heteroatoms. The monoisotopic (exact) mass is 289 g/mol. The minimum Gasteiger partial charge on any atom is -0.310 e. The molecule has 2 atom stereocenters. The number of hydrogen-bond acceptors (Lipinski definition) is 3. The first-order valence-corrected chi connectivity index (χ1v) is 8.44. The molecule has 2 unspecified atom stereocenters. The zero-order chi connectivity index (χ0) is 15.0. The maximum atomic E-state index is 11.9. The predicted molar refractivity (Wildman–Crippen MR) is 84.3 cm³/mol. The lowest BCUT2D eigenvalue weighted by Gasteiger charge is -2.32. The Balaban J connectivity index is 1.77. The van der Waals surface area contributed by atoms with Gasteiger partial charge >= 0.3 is 0 Å². The van der Waals surface area contributed by atoms with Crippen molar-refractivity contribution in [2.75, 3.05) is 0 Å². The largest absolute Gasteiger partial charge is 0.310 e. The van der Waals surface area contributed by atoms with Gasteiger partial charge in [0.2, 0.25) is 0 Å². The zero-order valence-corrected chi connectivity index (χ0v) is 13.4. The Morgan fingerprint density at radius 3 is 2.62 bits per heavy atom. The van der Waals surface area contributed by atoms with Crippen molar-refractivity contribution in [1.29, 1.82) is 0 Å². The van der Waals surface area contributed by atoms with Crippen molar-refractivity contribution in [2.45, 2.75) is 77.4 Å². The smallest absolute Gasteiger partial charge is 0.251 e. The highest BCUT2D eigenvalue weighted by molar-refractivity contribution is 5.11. The standard InChI is InChI=1S/C17H27N3O/c1-4-11(2)12(3)20(15-7-8-15)10-14-9-16(21)19-17(18-14)13-5-6-13/h9,11-13,15H,4-8,10H2,1-3H3,(H,18,19,21). The second-order valence-corrected chi connectivity index (χ2v) is 6.93. The van der Waals surface area contributed by atoms with Gasteiger partial charge in [-0.25, -0.2) is 4.98 Å². The SMILES string of the molecule is CCC(C)C(C)N(Cc1cc(=O)[nH]c(C2CC2)n1)C1CC1. The lowest BCUT2D eigenvalue weighted by molar-refractivity contribution is 0.139. The first-order valence-electron chi connectivity index (χ1n) is 8.44. The fourth-order valence-corrected chi connectivity index (χ4v) is 3.03. The van der Waals surface area contributed by atoms with Gasteiger partial charge in [0.05, 0.1) is 5.69 Å². The van der Waals surface area contributed by atoms with Crippen LogP contribution in [0.15, 0.2) is 10.9 Å². The average Bonchev–Trinajstić information content (AvgIpc) is 3.34. The summed E-state index contributed by atoms with van der Waals surface area (Å²) in [6.07, 6.45) is 6.11. The van der Waals surface area contributed by atoms with E-state index in [-0.39, 0.29) is 5.56 Å². The van der Waals surface area contributed by atoms with Gasteiger partial charge in [-0.05, 0) is 38.5 Å². The van der Waals surface area contributed by atoms with E-state index in [1.807, 2.05) is 0 Å². The van der Waals surface area contributed by atoms with Crippen LogP contribution in [-0.2, 0) is 6.54 Å². The summed E-state index contributed by atoms with van der Waals surface area (Å²) >= 11 is 0. The molecule has 1 heterocycles. The van der Waals surface area contributed by atoms with Crippen LogP contribution in [0.4, 0.5) is 0 Å². The summed E-state index contributed by atoms with van der Waals surface area (Å²) in [6.45, 7) is 7.71. The Hall–Kier alpha value is -1.16. The Morgan fingerprint density at radius 1 is 1.33 bits per heavy atom. The van der Waals surface area contributed by atoms with E-state index in [4.69, 9.17) is 4.98 Å². The third kappa shape index (κ3) is 3.54. The van der Waals surface area contributed by atoms with Crippen LogP contribution in [0, 0.1) is 5.92 Å². The Morgan fingerprint density at radius 2 is 2.05 bits per heavy atom. The van der Waals surface area contributed by atoms with Crippen LogP contribution in [0.2, 0.25) is 0 Å². The number of hydrogen-bond donors (Lipinski definition) is 1. The van der Waals surface area contributed by atoms with Gasteiger partial charge in [0, 0.05) is 30.6 Å². The summed E-state index contributed by atoms with van der Waals surface area (Å²) in [6, 6.07) is 2.93. The normalized spacial score (nSPS) is 21.5. The number of H-pyrrole nitrogens is 1. The van der Waals surface area contributed by atoms with Gasteiger partial charge in [0.1, 0.15) is 5.82 Å². The molecule has 3 rings (SSSR count). The molecule has 0 saturated heterocycles. The van der Waals surface area contributed by atoms with Crippen molar-refractivity contribution in [2.24, 2.45) is 5.92 Å². The van der Waals surface area contributed by atoms with Gasteiger partial charge in [-0.3, -0.25) is 9.69 Å².